The number of benzene rings is 1. The van der Waals surface area contributed by atoms with Crippen molar-refractivity contribution in [2.75, 3.05) is 13.6 Å². The first kappa shape index (κ1) is 34.6. The van der Waals surface area contributed by atoms with Crippen molar-refractivity contribution < 1.29 is 78.0 Å². The van der Waals surface area contributed by atoms with Crippen LogP contribution in [0.4, 0.5) is 0 Å². The Labute approximate surface area is 272 Å². The molecule has 17 nitrogen and oxygen atoms in total. The molecule has 260 valence electrons. The number of carbonyl (C=O) groups is 6. The predicted octanol–water partition coefficient (Wildman–Crippen LogP) is -0.701. The Morgan fingerprint density at radius 1 is 1.00 bits per heavy atom. The molecule has 0 unspecified atom stereocenters. The van der Waals surface area contributed by atoms with Gasteiger partial charge in [0, 0.05) is 18.0 Å². The van der Waals surface area contributed by atoms with E-state index >= 15 is 0 Å². The number of phenols is 1. The highest BCUT2D eigenvalue weighted by atomic mass is 16.6. The van der Waals surface area contributed by atoms with Crippen molar-refractivity contribution in [2.45, 2.75) is 93.5 Å². The maximum absolute atomic E-state index is 13.3. The van der Waals surface area contributed by atoms with Gasteiger partial charge in [0.15, 0.2) is 23.7 Å². The Balaban J connectivity index is 1.34. The summed E-state index contributed by atoms with van der Waals surface area (Å²) in [6, 6.07) is 2.96. The molecule has 5 rings (SSSR count). The zero-order chi connectivity index (χ0) is 35.3. The van der Waals surface area contributed by atoms with E-state index in [2.05, 4.69) is 9.64 Å². The van der Waals surface area contributed by atoms with Gasteiger partial charge in [-0.1, -0.05) is 6.07 Å². The van der Waals surface area contributed by atoms with E-state index in [1.54, 1.807) is 6.07 Å². The second-order valence-electron chi connectivity index (χ2n) is 12.3. The zero-order valence-electron chi connectivity index (χ0n) is 26.1. The molecule has 1 aromatic carbocycles. The maximum Gasteiger partial charge on any atom is 0.348 e. The molecule has 8 atom stereocenters. The van der Waals surface area contributed by atoms with E-state index in [0.29, 0.717) is 24.9 Å². The van der Waals surface area contributed by atoms with Crippen molar-refractivity contribution in [2.24, 2.45) is 0 Å². The average molecular weight is 678 g/mol. The first-order valence-electron chi connectivity index (χ1n) is 15.1. The molecular formula is C31H35NO16. The van der Waals surface area contributed by atoms with Crippen molar-refractivity contribution in [1.29, 1.82) is 0 Å². The minimum Gasteiger partial charge on any atom is -0.504 e. The number of ether oxygens (including phenoxy) is 5. The predicted molar refractivity (Wildman–Crippen MR) is 154 cm³/mol. The molecule has 0 radical (unpaired) electrons. The van der Waals surface area contributed by atoms with E-state index in [0.717, 1.165) is 19.4 Å². The summed E-state index contributed by atoms with van der Waals surface area (Å²) >= 11 is 0. The standard InChI is InChI=1S/C31H35NO16/c1-13(33)27(40)47-19(29(42)44-14(2)28(41)46-18(26(38)39)11-21(35)36)12-22(37)45-17-6-7-31(43)20-10-15-4-5-16(34)24-23(15)30(31,25(17)48-24)8-9-32(20)3/h4-6,13-14,18-20,25,33-34,43H,7-12H2,1-3H3,(H,35,36)(H,38,39)/t13-,14-,18-,19-,20-,25-,30-,31+/m0/s1. The molecule has 1 fully saturated rings. The molecule has 2 aliphatic heterocycles. The van der Waals surface area contributed by atoms with Gasteiger partial charge in [-0.2, -0.15) is 0 Å². The number of aliphatic hydroxyl groups excluding tert-OH is 1. The second-order valence-corrected chi connectivity index (χ2v) is 12.3. The highest BCUT2D eigenvalue weighted by Crippen LogP contribution is 2.65. The quantitative estimate of drug-likeness (QED) is 0.135. The van der Waals surface area contributed by atoms with E-state index in [-0.39, 0.29) is 29.7 Å². The normalized spacial score (nSPS) is 27.5. The summed E-state index contributed by atoms with van der Waals surface area (Å²) in [6.45, 7) is 2.56. The lowest BCUT2D eigenvalue weighted by molar-refractivity contribution is -0.186. The molecule has 48 heavy (non-hydrogen) atoms. The Bertz CT molecular complexity index is 1590. The summed E-state index contributed by atoms with van der Waals surface area (Å²) in [5.74, 6) is -8.71. The Kier molecular flexibility index (Phi) is 9.15. The summed E-state index contributed by atoms with van der Waals surface area (Å²) in [5, 5.41) is 50.5. The highest BCUT2D eigenvalue weighted by molar-refractivity contribution is 5.88. The lowest BCUT2D eigenvalue weighted by Crippen LogP contribution is -2.74. The summed E-state index contributed by atoms with van der Waals surface area (Å²) in [7, 11) is 1.90. The fourth-order valence-electron chi connectivity index (χ4n) is 7.05. The zero-order valence-corrected chi connectivity index (χ0v) is 26.1. The second kappa shape index (κ2) is 12.7. The van der Waals surface area contributed by atoms with Crippen molar-refractivity contribution in [1.82, 2.24) is 4.90 Å². The third-order valence-electron chi connectivity index (χ3n) is 9.32. The number of hydrogen-bond acceptors (Lipinski definition) is 15. The van der Waals surface area contributed by atoms with Crippen molar-refractivity contribution in [3.63, 3.8) is 0 Å². The molecule has 0 amide bonds. The van der Waals surface area contributed by atoms with Crippen LogP contribution in [0.5, 0.6) is 11.5 Å². The van der Waals surface area contributed by atoms with Crippen LogP contribution in [0.25, 0.3) is 0 Å². The SMILES string of the molecule is C[C@H](O)C(=O)O[C@@H](CC(=O)OC1=CC[C@@]2(O)[C@@H]3Cc4ccc(O)c5c4[C@@]2(CCN3C)[C@H]1O5)C(=O)O[C@@H](C)C(=O)O[C@@H](CC(=O)O)C(=O)O. The number of hydrogen-bond donors (Lipinski definition) is 5. The van der Waals surface area contributed by atoms with Crippen LogP contribution in [0.1, 0.15) is 50.7 Å². The molecular weight excluding hydrogens is 642 g/mol. The number of phenolic OH excluding ortho intramolecular Hbond substituents is 1. The van der Waals surface area contributed by atoms with E-state index in [4.69, 9.17) is 29.2 Å². The van der Waals surface area contributed by atoms with Gasteiger partial charge in [0.2, 0.25) is 12.2 Å². The first-order chi connectivity index (χ1) is 22.5. The fourth-order valence-corrected chi connectivity index (χ4v) is 7.05. The lowest BCUT2D eigenvalue weighted by atomic mass is 9.50. The number of aromatic hydroxyl groups is 1. The summed E-state index contributed by atoms with van der Waals surface area (Å²) < 4.78 is 26.4. The van der Waals surface area contributed by atoms with Crippen LogP contribution >= 0.6 is 0 Å². The minimum absolute atomic E-state index is 0.0134. The van der Waals surface area contributed by atoms with E-state index in [1.165, 1.54) is 12.1 Å². The van der Waals surface area contributed by atoms with Gasteiger partial charge in [0.05, 0.1) is 23.9 Å². The highest BCUT2D eigenvalue weighted by Gasteiger charge is 2.72. The molecule has 2 bridgehead atoms. The van der Waals surface area contributed by atoms with Gasteiger partial charge in [0.25, 0.3) is 0 Å². The molecule has 0 aromatic heterocycles. The molecule has 1 aromatic rings. The number of aliphatic carboxylic acids is 2. The molecule has 17 heteroatoms. The van der Waals surface area contributed by atoms with Gasteiger partial charge in [0.1, 0.15) is 11.9 Å². The van der Waals surface area contributed by atoms with Crippen LogP contribution in [0.3, 0.4) is 0 Å². The Morgan fingerprint density at radius 2 is 1.69 bits per heavy atom. The number of aliphatic hydroxyl groups is 2. The largest absolute Gasteiger partial charge is 0.504 e. The molecule has 2 heterocycles. The van der Waals surface area contributed by atoms with E-state index in [1.807, 2.05) is 7.05 Å². The summed E-state index contributed by atoms with van der Waals surface area (Å²) in [5.41, 5.74) is -0.919. The number of carboxylic acids is 2. The number of esters is 4. The topological polar surface area (TPSA) is 253 Å². The van der Waals surface area contributed by atoms with Crippen LogP contribution in [0.2, 0.25) is 0 Å². The van der Waals surface area contributed by atoms with Crippen LogP contribution in [-0.2, 0) is 59.6 Å². The number of rotatable bonds is 12. The molecule has 1 saturated heterocycles. The fraction of sp³-hybridized carbons (Fsp3) is 0.548. The van der Waals surface area contributed by atoms with Gasteiger partial charge in [-0.05, 0) is 58.0 Å². The average Bonchev–Trinajstić information content (AvgIpc) is 3.36. The maximum atomic E-state index is 13.3. The molecule has 2 aliphatic carbocycles. The van der Waals surface area contributed by atoms with E-state index in [9.17, 15) is 44.1 Å². The lowest BCUT2D eigenvalue weighted by Gasteiger charge is -2.61. The van der Waals surface area contributed by atoms with E-state index < -0.39 is 90.2 Å². The Hall–Kier alpha value is -4.74. The Morgan fingerprint density at radius 3 is 2.33 bits per heavy atom. The van der Waals surface area contributed by atoms with Crippen LogP contribution in [0, 0.1) is 0 Å². The first-order valence-corrected chi connectivity index (χ1v) is 15.1. The van der Waals surface area contributed by atoms with Gasteiger partial charge in [-0.3, -0.25) is 9.59 Å². The monoisotopic (exact) mass is 677 g/mol. The van der Waals surface area contributed by atoms with Crippen molar-refractivity contribution >= 4 is 35.8 Å². The number of likely N-dealkylation sites (tertiary alicyclic amines) is 1. The minimum atomic E-state index is -2.10. The van der Waals surface area contributed by atoms with Gasteiger partial charge < -0.3 is 54.1 Å². The van der Waals surface area contributed by atoms with Crippen LogP contribution in [0.15, 0.2) is 24.0 Å². The smallest absolute Gasteiger partial charge is 0.348 e. The molecule has 0 saturated carbocycles. The molecule has 4 aliphatic rings. The molecule has 1 spiro atoms. The summed E-state index contributed by atoms with van der Waals surface area (Å²) in [4.78, 5) is 75.1. The third-order valence-corrected chi connectivity index (χ3v) is 9.32. The van der Waals surface area contributed by atoms with Crippen molar-refractivity contribution in [3.05, 3.63) is 35.1 Å². The van der Waals surface area contributed by atoms with Gasteiger partial charge >= 0.3 is 35.8 Å². The number of likely N-dealkylation sites (N-methyl/N-ethyl adjacent to an activating group) is 1. The third kappa shape index (κ3) is 5.81. The number of carboxylic acid groups (broad SMARTS) is 2. The molecule has 5 N–H and O–H groups in total. The number of piperidine rings is 1. The van der Waals surface area contributed by atoms with Crippen LogP contribution in [-0.4, -0.2) is 122 Å². The van der Waals surface area contributed by atoms with Crippen molar-refractivity contribution in [3.8, 4) is 11.5 Å². The van der Waals surface area contributed by atoms with Gasteiger partial charge in [-0.15, -0.1) is 0 Å². The van der Waals surface area contributed by atoms with Crippen LogP contribution < -0.4 is 4.74 Å². The number of nitrogens with zero attached hydrogens (tertiary/aromatic N) is 1. The summed E-state index contributed by atoms with van der Waals surface area (Å²) in [6.07, 6.45) is -8.41. The number of carbonyl (C=O) groups excluding carboxylic acids is 4. The van der Waals surface area contributed by atoms with Gasteiger partial charge in [-0.25, -0.2) is 19.2 Å².